The number of aromatic nitrogens is 1. The molecule has 0 saturated heterocycles. The Hall–Kier alpha value is -2.56. The molecule has 104 valence electrons. The lowest BCUT2D eigenvalue weighted by atomic mass is 10.1. The van der Waals surface area contributed by atoms with Crippen molar-refractivity contribution in [3.8, 4) is 5.75 Å². The van der Waals surface area contributed by atoms with Crippen molar-refractivity contribution in [3.05, 3.63) is 52.8 Å². The van der Waals surface area contributed by atoms with Gasteiger partial charge in [-0.15, -0.1) is 0 Å². The molecule has 2 aromatic rings. The van der Waals surface area contributed by atoms with Crippen molar-refractivity contribution in [3.63, 3.8) is 0 Å². The maximum atomic E-state index is 10.7. The topological polar surface area (TPSA) is 85.4 Å². The van der Waals surface area contributed by atoms with Gasteiger partial charge in [0.1, 0.15) is 12.4 Å². The highest BCUT2D eigenvalue weighted by atomic mass is 16.5. The van der Waals surface area contributed by atoms with Crippen LogP contribution >= 0.6 is 0 Å². The van der Waals surface area contributed by atoms with Gasteiger partial charge >= 0.3 is 5.97 Å². The first-order valence-electron chi connectivity index (χ1n) is 6.15. The molecule has 0 aliphatic heterocycles. The molecule has 1 heterocycles. The minimum absolute atomic E-state index is 0.152. The Labute approximate surface area is 117 Å². The smallest absolute Gasteiger partial charge is 0.337 e. The number of carboxylic acids is 1. The Kier molecular flexibility index (Phi) is 3.89. The number of carboxylic acid groups (broad SMARTS) is 1. The van der Waals surface area contributed by atoms with Gasteiger partial charge in [-0.2, -0.15) is 0 Å². The van der Waals surface area contributed by atoms with Gasteiger partial charge in [-0.05, 0) is 49.2 Å². The molecule has 1 aromatic carbocycles. The van der Waals surface area contributed by atoms with E-state index in [1.807, 2.05) is 26.0 Å². The average Bonchev–Trinajstić information content (AvgIpc) is 2.42. The number of rotatable bonds is 4. The molecule has 5 heteroatoms. The summed E-state index contributed by atoms with van der Waals surface area (Å²) >= 11 is 0. The monoisotopic (exact) mass is 272 g/mol. The standard InChI is InChI=1S/C15H16N2O3/c1-9-5-13(16)14(6-10(9)2)20-8-12-4-3-11(7-17-12)15(18)19/h3-7H,8,16H2,1-2H3,(H,18,19). The quantitative estimate of drug-likeness (QED) is 0.835. The van der Waals surface area contributed by atoms with E-state index in [2.05, 4.69) is 4.98 Å². The summed E-state index contributed by atoms with van der Waals surface area (Å²) in [6, 6.07) is 6.88. The third-order valence-electron chi connectivity index (χ3n) is 3.07. The number of hydrogen-bond acceptors (Lipinski definition) is 4. The number of hydrogen-bond donors (Lipinski definition) is 2. The van der Waals surface area contributed by atoms with Crippen molar-refractivity contribution < 1.29 is 14.6 Å². The van der Waals surface area contributed by atoms with E-state index in [0.717, 1.165) is 11.1 Å². The maximum Gasteiger partial charge on any atom is 0.337 e. The van der Waals surface area contributed by atoms with E-state index in [1.165, 1.54) is 12.3 Å². The number of pyridine rings is 1. The van der Waals surface area contributed by atoms with Crippen LogP contribution in [0, 0.1) is 13.8 Å². The number of nitrogens with two attached hydrogens (primary N) is 1. The van der Waals surface area contributed by atoms with Crippen LogP contribution in [0.5, 0.6) is 5.75 Å². The van der Waals surface area contributed by atoms with Gasteiger partial charge in [0, 0.05) is 6.20 Å². The lowest BCUT2D eigenvalue weighted by Gasteiger charge is -2.11. The highest BCUT2D eigenvalue weighted by Gasteiger charge is 2.06. The Morgan fingerprint density at radius 1 is 1.30 bits per heavy atom. The van der Waals surface area contributed by atoms with Crippen molar-refractivity contribution in [2.45, 2.75) is 20.5 Å². The molecule has 0 spiro atoms. The number of ether oxygens (including phenoxy) is 1. The first-order chi connectivity index (χ1) is 9.47. The molecule has 0 saturated carbocycles. The number of nitrogens with zero attached hydrogens (tertiary/aromatic N) is 1. The first-order valence-corrected chi connectivity index (χ1v) is 6.15. The molecule has 0 bridgehead atoms. The zero-order valence-corrected chi connectivity index (χ0v) is 11.4. The summed E-state index contributed by atoms with van der Waals surface area (Å²) in [5.41, 5.74) is 9.48. The summed E-state index contributed by atoms with van der Waals surface area (Å²) in [5, 5.41) is 8.79. The molecule has 5 nitrogen and oxygen atoms in total. The molecule has 0 amide bonds. The number of anilines is 1. The second-order valence-electron chi connectivity index (χ2n) is 4.61. The lowest BCUT2D eigenvalue weighted by Crippen LogP contribution is -2.03. The van der Waals surface area contributed by atoms with E-state index in [4.69, 9.17) is 15.6 Å². The Morgan fingerprint density at radius 3 is 2.60 bits per heavy atom. The summed E-state index contributed by atoms with van der Waals surface area (Å²) < 4.78 is 5.62. The zero-order chi connectivity index (χ0) is 14.7. The third-order valence-corrected chi connectivity index (χ3v) is 3.07. The van der Waals surface area contributed by atoms with Gasteiger partial charge in [0.05, 0.1) is 16.9 Å². The summed E-state index contributed by atoms with van der Waals surface area (Å²) in [4.78, 5) is 14.8. The molecule has 0 aliphatic carbocycles. The van der Waals surface area contributed by atoms with E-state index in [0.29, 0.717) is 17.1 Å². The predicted molar refractivity (Wildman–Crippen MR) is 75.9 cm³/mol. The summed E-state index contributed by atoms with van der Waals surface area (Å²) in [6.07, 6.45) is 1.31. The molecule has 0 unspecified atom stereocenters. The molecule has 0 fully saturated rings. The fraction of sp³-hybridized carbons (Fsp3) is 0.200. The maximum absolute atomic E-state index is 10.7. The largest absolute Gasteiger partial charge is 0.485 e. The van der Waals surface area contributed by atoms with Crippen LogP contribution in [0.3, 0.4) is 0 Å². The lowest BCUT2D eigenvalue weighted by molar-refractivity contribution is 0.0696. The minimum atomic E-state index is -0.997. The number of carbonyl (C=O) groups is 1. The van der Waals surface area contributed by atoms with E-state index in [1.54, 1.807) is 6.07 Å². The predicted octanol–water partition coefficient (Wildman–Crippen LogP) is 2.56. The SMILES string of the molecule is Cc1cc(N)c(OCc2ccc(C(=O)O)cn2)cc1C. The van der Waals surface area contributed by atoms with Crippen molar-refractivity contribution in [1.29, 1.82) is 0 Å². The Bertz CT molecular complexity index is 636. The van der Waals surface area contributed by atoms with Crippen LogP contribution in [0.4, 0.5) is 5.69 Å². The summed E-state index contributed by atoms with van der Waals surface area (Å²) in [7, 11) is 0. The molecule has 3 N–H and O–H groups in total. The molecule has 0 atom stereocenters. The van der Waals surface area contributed by atoms with Crippen molar-refractivity contribution in [1.82, 2.24) is 4.98 Å². The Morgan fingerprint density at radius 2 is 2.00 bits per heavy atom. The average molecular weight is 272 g/mol. The molecule has 2 rings (SSSR count). The van der Waals surface area contributed by atoms with Crippen LogP contribution in [0.2, 0.25) is 0 Å². The normalized spacial score (nSPS) is 10.3. The van der Waals surface area contributed by atoms with E-state index in [9.17, 15) is 4.79 Å². The van der Waals surface area contributed by atoms with Gasteiger partial charge in [0.2, 0.25) is 0 Å². The van der Waals surface area contributed by atoms with Crippen molar-refractivity contribution >= 4 is 11.7 Å². The third kappa shape index (κ3) is 3.06. The van der Waals surface area contributed by atoms with E-state index >= 15 is 0 Å². The van der Waals surface area contributed by atoms with Crippen molar-refractivity contribution in [2.24, 2.45) is 0 Å². The molecule has 0 aliphatic rings. The fourth-order valence-corrected chi connectivity index (χ4v) is 1.73. The van der Waals surface area contributed by atoms with Crippen molar-refractivity contribution in [2.75, 3.05) is 5.73 Å². The van der Waals surface area contributed by atoms with Gasteiger partial charge < -0.3 is 15.6 Å². The highest BCUT2D eigenvalue weighted by Crippen LogP contribution is 2.26. The number of aryl methyl sites for hydroxylation is 2. The van der Waals surface area contributed by atoms with Crippen LogP contribution in [0.25, 0.3) is 0 Å². The van der Waals surface area contributed by atoms with Gasteiger partial charge in [-0.1, -0.05) is 0 Å². The summed E-state index contributed by atoms with van der Waals surface area (Å²) in [5.74, 6) is -0.388. The van der Waals surface area contributed by atoms with E-state index in [-0.39, 0.29) is 12.2 Å². The first kappa shape index (κ1) is 13.9. The van der Waals surface area contributed by atoms with E-state index < -0.39 is 5.97 Å². The molecule has 0 radical (unpaired) electrons. The number of nitrogen functional groups attached to an aromatic ring is 1. The van der Waals surface area contributed by atoms with Crippen LogP contribution in [-0.2, 0) is 6.61 Å². The molecule has 20 heavy (non-hydrogen) atoms. The van der Waals surface area contributed by atoms with Gasteiger partial charge in [0.15, 0.2) is 0 Å². The second-order valence-corrected chi connectivity index (χ2v) is 4.61. The fourth-order valence-electron chi connectivity index (χ4n) is 1.73. The molecule has 1 aromatic heterocycles. The Balaban J connectivity index is 2.09. The minimum Gasteiger partial charge on any atom is -0.485 e. The van der Waals surface area contributed by atoms with Crippen LogP contribution in [0.1, 0.15) is 27.2 Å². The number of benzene rings is 1. The van der Waals surface area contributed by atoms with Crippen LogP contribution in [0.15, 0.2) is 30.5 Å². The van der Waals surface area contributed by atoms with Gasteiger partial charge in [-0.3, -0.25) is 4.98 Å². The molecular formula is C15H16N2O3. The summed E-state index contributed by atoms with van der Waals surface area (Å²) in [6.45, 7) is 4.22. The highest BCUT2D eigenvalue weighted by molar-refractivity contribution is 5.87. The number of aromatic carboxylic acids is 1. The molecular weight excluding hydrogens is 256 g/mol. The van der Waals surface area contributed by atoms with Gasteiger partial charge in [-0.25, -0.2) is 4.79 Å². The van der Waals surface area contributed by atoms with Crippen LogP contribution in [-0.4, -0.2) is 16.1 Å². The van der Waals surface area contributed by atoms with Gasteiger partial charge in [0.25, 0.3) is 0 Å². The second kappa shape index (κ2) is 5.61. The van der Waals surface area contributed by atoms with Crippen LogP contribution < -0.4 is 10.5 Å². The zero-order valence-electron chi connectivity index (χ0n) is 11.4.